The number of aromatic carboxylic acids is 1. The topological polar surface area (TPSA) is 85.5 Å². The lowest BCUT2D eigenvalue weighted by Gasteiger charge is -2.00. The van der Waals surface area contributed by atoms with Gasteiger partial charge in [-0.05, 0) is 24.4 Å². The first-order valence-corrected chi connectivity index (χ1v) is 7.66. The molecular weight excluding hydrogens is 312 g/mol. The van der Waals surface area contributed by atoms with Crippen LogP contribution < -0.4 is 4.74 Å². The molecule has 0 aliphatic carbocycles. The highest BCUT2D eigenvalue weighted by atomic mass is 32.1. The van der Waals surface area contributed by atoms with E-state index in [1.54, 1.807) is 6.07 Å². The van der Waals surface area contributed by atoms with Crippen LogP contribution >= 0.6 is 22.7 Å². The molecule has 0 atom stereocenters. The van der Waals surface area contributed by atoms with E-state index in [2.05, 4.69) is 10.1 Å². The van der Waals surface area contributed by atoms with Crippen LogP contribution in [0.25, 0.3) is 10.7 Å². The summed E-state index contributed by atoms with van der Waals surface area (Å²) in [6.07, 6.45) is 0. The minimum absolute atomic E-state index is 0.0365. The predicted octanol–water partition coefficient (Wildman–Crippen LogP) is 3.45. The van der Waals surface area contributed by atoms with E-state index in [1.807, 2.05) is 24.4 Å². The van der Waals surface area contributed by atoms with Gasteiger partial charge in [0.1, 0.15) is 5.75 Å². The fourth-order valence-corrected chi connectivity index (χ4v) is 3.15. The molecule has 8 heteroatoms. The zero-order valence-electron chi connectivity index (χ0n) is 10.9. The number of hydrogen-bond acceptors (Lipinski definition) is 7. The van der Waals surface area contributed by atoms with Crippen LogP contribution in [-0.4, -0.2) is 21.2 Å². The maximum Gasteiger partial charge on any atom is 0.349 e. The SMILES string of the molecule is Cc1cc(OCc2nc(-c3cccs3)no2)c(C(=O)O)s1. The minimum atomic E-state index is -1.01. The van der Waals surface area contributed by atoms with Crippen LogP contribution in [0.15, 0.2) is 28.1 Å². The third-order valence-corrected chi connectivity index (χ3v) is 4.46. The molecule has 1 N–H and O–H groups in total. The summed E-state index contributed by atoms with van der Waals surface area (Å²) in [7, 11) is 0. The predicted molar refractivity (Wildman–Crippen MR) is 78.0 cm³/mol. The highest BCUT2D eigenvalue weighted by Gasteiger charge is 2.17. The van der Waals surface area contributed by atoms with Gasteiger partial charge < -0.3 is 14.4 Å². The van der Waals surface area contributed by atoms with Gasteiger partial charge in [0.05, 0.1) is 4.88 Å². The molecule has 108 valence electrons. The normalized spacial score (nSPS) is 10.7. The second-order valence-electron chi connectivity index (χ2n) is 4.13. The summed E-state index contributed by atoms with van der Waals surface area (Å²) >= 11 is 2.68. The number of carboxylic acid groups (broad SMARTS) is 1. The third kappa shape index (κ3) is 2.96. The van der Waals surface area contributed by atoms with Gasteiger partial charge in [-0.25, -0.2) is 4.79 Å². The fraction of sp³-hybridized carbons (Fsp3) is 0.154. The first-order valence-electron chi connectivity index (χ1n) is 5.96. The number of thiophene rings is 2. The summed E-state index contributed by atoms with van der Waals surface area (Å²) in [5.74, 6) is 0.121. The van der Waals surface area contributed by atoms with Gasteiger partial charge in [-0.15, -0.1) is 22.7 Å². The lowest BCUT2D eigenvalue weighted by molar-refractivity contribution is 0.0697. The van der Waals surface area contributed by atoms with Gasteiger partial charge in [-0.2, -0.15) is 4.98 Å². The Balaban J connectivity index is 1.72. The molecule has 0 radical (unpaired) electrons. The Morgan fingerprint density at radius 1 is 1.52 bits per heavy atom. The Labute approximate surface area is 127 Å². The van der Waals surface area contributed by atoms with Crippen LogP contribution in [0.5, 0.6) is 5.75 Å². The summed E-state index contributed by atoms with van der Waals surface area (Å²) < 4.78 is 10.6. The highest BCUT2D eigenvalue weighted by molar-refractivity contribution is 7.14. The highest BCUT2D eigenvalue weighted by Crippen LogP contribution is 2.29. The number of carbonyl (C=O) groups is 1. The lowest BCUT2D eigenvalue weighted by Crippen LogP contribution is -2.00. The average molecular weight is 322 g/mol. The van der Waals surface area contributed by atoms with Crippen molar-refractivity contribution in [3.05, 3.63) is 39.2 Å². The van der Waals surface area contributed by atoms with Gasteiger partial charge in [0.25, 0.3) is 5.89 Å². The first-order chi connectivity index (χ1) is 10.1. The van der Waals surface area contributed by atoms with Crippen LogP contribution in [0.2, 0.25) is 0 Å². The molecule has 0 aliphatic rings. The Hall–Kier alpha value is -2.19. The van der Waals surface area contributed by atoms with E-state index in [4.69, 9.17) is 14.4 Å². The van der Waals surface area contributed by atoms with E-state index >= 15 is 0 Å². The van der Waals surface area contributed by atoms with Crippen molar-refractivity contribution in [1.29, 1.82) is 0 Å². The second kappa shape index (κ2) is 5.66. The molecule has 0 amide bonds. The quantitative estimate of drug-likeness (QED) is 0.774. The van der Waals surface area contributed by atoms with Crippen molar-refractivity contribution >= 4 is 28.6 Å². The third-order valence-electron chi connectivity index (χ3n) is 2.58. The summed E-state index contributed by atoms with van der Waals surface area (Å²) in [5.41, 5.74) is 0. The molecule has 0 unspecified atom stereocenters. The van der Waals surface area contributed by atoms with Crippen molar-refractivity contribution in [2.24, 2.45) is 0 Å². The molecule has 0 spiro atoms. The number of aromatic nitrogens is 2. The molecule has 3 aromatic rings. The van der Waals surface area contributed by atoms with E-state index in [0.29, 0.717) is 17.5 Å². The lowest BCUT2D eigenvalue weighted by atomic mass is 10.4. The molecule has 6 nitrogen and oxygen atoms in total. The van der Waals surface area contributed by atoms with Crippen LogP contribution in [0.3, 0.4) is 0 Å². The van der Waals surface area contributed by atoms with Crippen LogP contribution in [-0.2, 0) is 6.61 Å². The molecule has 3 rings (SSSR count). The Morgan fingerprint density at radius 3 is 3.10 bits per heavy atom. The summed E-state index contributed by atoms with van der Waals surface area (Å²) in [6, 6.07) is 5.48. The van der Waals surface area contributed by atoms with E-state index in [1.165, 1.54) is 22.7 Å². The standard InChI is InChI=1S/C13H10N2O4S2/c1-7-5-8(11(21-7)13(16)17)18-6-10-14-12(15-19-10)9-3-2-4-20-9/h2-5H,6H2,1H3,(H,16,17). The van der Waals surface area contributed by atoms with Gasteiger partial charge in [0, 0.05) is 4.88 Å². The molecule has 3 aromatic heterocycles. The molecule has 3 heterocycles. The maximum absolute atomic E-state index is 11.1. The maximum atomic E-state index is 11.1. The van der Waals surface area contributed by atoms with Crippen molar-refractivity contribution in [3.63, 3.8) is 0 Å². The summed E-state index contributed by atoms with van der Waals surface area (Å²) in [6.45, 7) is 1.86. The number of nitrogens with zero attached hydrogens (tertiary/aromatic N) is 2. The smallest absolute Gasteiger partial charge is 0.349 e. The molecule has 0 bridgehead atoms. The number of rotatable bonds is 5. The average Bonchev–Trinajstić information content (AvgIpc) is 3.16. The first kappa shape index (κ1) is 13.8. The van der Waals surface area contributed by atoms with E-state index in [9.17, 15) is 4.79 Å². The number of carboxylic acids is 1. The largest absolute Gasteiger partial charge is 0.482 e. The zero-order valence-corrected chi connectivity index (χ0v) is 12.5. The Kier molecular flexibility index (Phi) is 3.72. The zero-order chi connectivity index (χ0) is 14.8. The van der Waals surface area contributed by atoms with Gasteiger partial charge in [0.15, 0.2) is 11.5 Å². The molecule has 0 aromatic carbocycles. The molecule has 21 heavy (non-hydrogen) atoms. The van der Waals surface area contributed by atoms with Gasteiger partial charge in [-0.1, -0.05) is 11.2 Å². The van der Waals surface area contributed by atoms with Crippen LogP contribution in [0.1, 0.15) is 20.4 Å². The van der Waals surface area contributed by atoms with Gasteiger partial charge in [0.2, 0.25) is 5.82 Å². The number of hydrogen-bond donors (Lipinski definition) is 1. The van der Waals surface area contributed by atoms with E-state index in [-0.39, 0.29) is 11.5 Å². The van der Waals surface area contributed by atoms with Crippen LogP contribution in [0.4, 0.5) is 0 Å². The van der Waals surface area contributed by atoms with Crippen molar-refractivity contribution in [1.82, 2.24) is 10.1 Å². The second-order valence-corrected chi connectivity index (χ2v) is 6.34. The Bertz CT molecular complexity index is 761. The van der Waals surface area contributed by atoms with Gasteiger partial charge >= 0.3 is 5.97 Å². The fourth-order valence-electron chi connectivity index (χ4n) is 1.71. The van der Waals surface area contributed by atoms with Crippen LogP contribution in [0, 0.1) is 6.92 Å². The molecular formula is C13H10N2O4S2. The van der Waals surface area contributed by atoms with Crippen molar-refractivity contribution in [2.75, 3.05) is 0 Å². The van der Waals surface area contributed by atoms with Crippen molar-refractivity contribution in [2.45, 2.75) is 13.5 Å². The summed E-state index contributed by atoms with van der Waals surface area (Å²) in [4.78, 5) is 17.2. The summed E-state index contributed by atoms with van der Waals surface area (Å²) in [5, 5.41) is 14.9. The Morgan fingerprint density at radius 2 is 2.38 bits per heavy atom. The van der Waals surface area contributed by atoms with E-state index < -0.39 is 5.97 Å². The molecule has 0 aliphatic heterocycles. The van der Waals surface area contributed by atoms with Crippen molar-refractivity contribution < 1.29 is 19.2 Å². The van der Waals surface area contributed by atoms with Gasteiger partial charge in [-0.3, -0.25) is 0 Å². The minimum Gasteiger partial charge on any atom is -0.482 e. The van der Waals surface area contributed by atoms with E-state index in [0.717, 1.165) is 9.75 Å². The number of aryl methyl sites for hydroxylation is 1. The monoisotopic (exact) mass is 322 g/mol. The molecule has 0 fully saturated rings. The number of ether oxygens (including phenoxy) is 1. The van der Waals surface area contributed by atoms with Crippen molar-refractivity contribution in [3.8, 4) is 16.5 Å². The molecule has 0 saturated heterocycles. The molecule has 0 saturated carbocycles.